The number of halogens is 3. The number of hydrogen-bond donors (Lipinski definition) is 1. The van der Waals surface area contributed by atoms with Crippen LogP contribution in [0.2, 0.25) is 0 Å². The molecule has 5 nitrogen and oxygen atoms in total. The highest BCUT2D eigenvalue weighted by Crippen LogP contribution is 2.10. The van der Waals surface area contributed by atoms with E-state index in [-0.39, 0.29) is 7.43 Å². The van der Waals surface area contributed by atoms with Crippen LogP contribution in [0.1, 0.15) is 32.4 Å². The molecule has 0 saturated heterocycles. The number of hydrogen-bond acceptors (Lipinski definition) is 3. The van der Waals surface area contributed by atoms with Crippen LogP contribution >= 0.6 is 67.8 Å². The fraction of sp³-hybridized carbons (Fsp3) is 0.571. The molecule has 0 saturated carbocycles. The van der Waals surface area contributed by atoms with Gasteiger partial charge in [-0.2, -0.15) is 10.2 Å². The van der Waals surface area contributed by atoms with E-state index in [0.29, 0.717) is 0 Å². The maximum Gasteiger partial charge on any atom is 0.124 e. The molecule has 0 aliphatic carbocycles. The van der Waals surface area contributed by atoms with E-state index < -0.39 is 0 Å². The van der Waals surface area contributed by atoms with Crippen molar-refractivity contribution in [2.75, 3.05) is 8.17 Å². The number of aryl methyl sites for hydroxylation is 4. The summed E-state index contributed by atoms with van der Waals surface area (Å²) in [5.74, 6) is 0.775. The lowest BCUT2D eigenvalue weighted by molar-refractivity contribution is 0.746. The molecular weight excluding hydrogens is 619 g/mol. The first-order valence-corrected chi connectivity index (χ1v) is 10.6. The molecule has 2 aromatic heterocycles. The zero-order valence-corrected chi connectivity index (χ0v) is 19.2. The van der Waals surface area contributed by atoms with Gasteiger partial charge >= 0.3 is 0 Å². The van der Waals surface area contributed by atoms with Crippen LogP contribution in [0.3, 0.4) is 0 Å². The molecule has 2 N–H and O–H groups in total. The van der Waals surface area contributed by atoms with Crippen molar-refractivity contribution in [2.45, 2.75) is 34.1 Å². The highest BCUT2D eigenvalue weighted by molar-refractivity contribution is 14.2. The Balaban J connectivity index is 0. The van der Waals surface area contributed by atoms with Crippen LogP contribution in [0.5, 0.6) is 0 Å². The normalized spacial score (nSPS) is 9.05. The molecule has 8 heteroatoms. The molecule has 0 atom stereocenters. The molecule has 0 amide bonds. The third-order valence-electron chi connectivity index (χ3n) is 2.76. The average molecular weight is 645 g/mol. The Kier molecular flexibility index (Phi) is 15.5. The minimum absolute atomic E-state index is 0. The number of nitrogens with two attached hydrogens (primary N) is 1. The summed E-state index contributed by atoms with van der Waals surface area (Å²) in [5.41, 5.74) is 8.07. The topological polar surface area (TPSA) is 61.7 Å². The standard InChI is InChI=1S/C6H9IN2.C6H11N3.CH2I2.CH4/c2*1-3-5-4-8-9(2)6(5)7;2-1-3;/h4H,3H2,1-2H3;4H,3,7H2,1-2H3;1H2;1H4. The van der Waals surface area contributed by atoms with Crippen molar-refractivity contribution in [3.05, 3.63) is 27.2 Å². The zero-order chi connectivity index (χ0) is 16.4. The quantitative estimate of drug-likeness (QED) is 0.384. The molecule has 0 unspecified atom stereocenters. The summed E-state index contributed by atoms with van der Waals surface area (Å²) in [6, 6.07) is 0. The summed E-state index contributed by atoms with van der Waals surface area (Å²) in [5, 5.41) is 8.07. The third kappa shape index (κ3) is 8.31. The summed E-state index contributed by atoms with van der Waals surface area (Å²) >= 11 is 6.85. The molecule has 2 heterocycles. The van der Waals surface area contributed by atoms with Crippen LogP contribution in [0.25, 0.3) is 0 Å². The van der Waals surface area contributed by atoms with Crippen molar-refractivity contribution in [2.24, 2.45) is 14.1 Å². The predicted molar refractivity (Wildman–Crippen MR) is 122 cm³/mol. The first-order chi connectivity index (χ1) is 9.92. The third-order valence-corrected chi connectivity index (χ3v) is 4.15. The lowest BCUT2D eigenvalue weighted by atomic mass is 10.3. The van der Waals surface area contributed by atoms with Crippen molar-refractivity contribution in [3.63, 3.8) is 0 Å². The van der Waals surface area contributed by atoms with Gasteiger partial charge in [0.05, 0.1) is 14.8 Å². The van der Waals surface area contributed by atoms with Gasteiger partial charge < -0.3 is 5.73 Å². The van der Waals surface area contributed by atoms with Crippen LogP contribution < -0.4 is 5.73 Å². The molecule has 0 fully saturated rings. The van der Waals surface area contributed by atoms with Gasteiger partial charge in [-0.05, 0) is 35.4 Å². The van der Waals surface area contributed by atoms with E-state index in [2.05, 4.69) is 91.8 Å². The van der Waals surface area contributed by atoms with E-state index in [9.17, 15) is 0 Å². The Morgan fingerprint density at radius 2 is 1.41 bits per heavy atom. The molecule has 2 aromatic rings. The van der Waals surface area contributed by atoms with Gasteiger partial charge in [-0.15, -0.1) is 0 Å². The van der Waals surface area contributed by atoms with Crippen LogP contribution in [0, 0.1) is 3.70 Å². The first-order valence-electron chi connectivity index (χ1n) is 6.47. The van der Waals surface area contributed by atoms with E-state index in [1.807, 2.05) is 25.0 Å². The Hall–Kier alpha value is 0.410. The van der Waals surface area contributed by atoms with Gasteiger partial charge in [-0.1, -0.05) is 66.5 Å². The molecule has 0 aliphatic heterocycles. The number of aromatic nitrogens is 4. The molecule has 2 rings (SSSR count). The molecule has 0 radical (unpaired) electrons. The van der Waals surface area contributed by atoms with Gasteiger partial charge in [0.15, 0.2) is 0 Å². The second kappa shape index (κ2) is 13.8. The number of alkyl halides is 2. The molecule has 0 spiro atoms. The van der Waals surface area contributed by atoms with Crippen LogP contribution in [0.15, 0.2) is 12.4 Å². The summed E-state index contributed by atoms with van der Waals surface area (Å²) in [6.45, 7) is 4.20. The predicted octanol–water partition coefficient (Wildman–Crippen LogP) is 4.60. The maximum atomic E-state index is 5.61. The largest absolute Gasteiger partial charge is 0.384 e. The van der Waals surface area contributed by atoms with Gasteiger partial charge in [0.2, 0.25) is 0 Å². The molecule has 0 aromatic carbocycles. The SMILES string of the molecule is C.CCc1cnn(C)c1I.CCc1cnn(C)c1N.ICI. The van der Waals surface area contributed by atoms with Crippen molar-refractivity contribution in [1.82, 2.24) is 19.6 Å². The maximum absolute atomic E-state index is 5.61. The van der Waals surface area contributed by atoms with Crippen LogP contribution in [-0.2, 0) is 26.9 Å². The van der Waals surface area contributed by atoms with Crippen molar-refractivity contribution >= 4 is 73.6 Å². The summed E-state index contributed by atoms with van der Waals surface area (Å²) in [4.78, 5) is 0. The summed E-state index contributed by atoms with van der Waals surface area (Å²) in [6.07, 6.45) is 5.75. The van der Waals surface area contributed by atoms with Gasteiger partial charge in [0.25, 0.3) is 0 Å². The number of anilines is 1. The van der Waals surface area contributed by atoms with Gasteiger partial charge in [0, 0.05) is 25.2 Å². The lowest BCUT2D eigenvalue weighted by Crippen LogP contribution is -1.98. The van der Waals surface area contributed by atoms with Crippen molar-refractivity contribution in [3.8, 4) is 0 Å². The Morgan fingerprint density at radius 1 is 1.00 bits per heavy atom. The number of rotatable bonds is 2. The monoisotopic (exact) mass is 645 g/mol. The summed E-state index contributed by atoms with van der Waals surface area (Å²) in [7, 11) is 3.80. The van der Waals surface area contributed by atoms with E-state index >= 15 is 0 Å². The minimum atomic E-state index is 0. The van der Waals surface area contributed by atoms with Gasteiger partial charge in [0.1, 0.15) is 9.52 Å². The molecule has 0 aliphatic rings. The highest BCUT2D eigenvalue weighted by Gasteiger charge is 2.00. The van der Waals surface area contributed by atoms with Crippen LogP contribution in [0.4, 0.5) is 5.82 Å². The molecule has 0 bridgehead atoms. The van der Waals surface area contributed by atoms with E-state index in [1.54, 1.807) is 10.9 Å². The molecule has 22 heavy (non-hydrogen) atoms. The molecule has 128 valence electrons. The zero-order valence-electron chi connectivity index (χ0n) is 12.8. The van der Waals surface area contributed by atoms with Crippen molar-refractivity contribution < 1.29 is 0 Å². The Labute approximate surface area is 175 Å². The summed E-state index contributed by atoms with van der Waals surface area (Å²) < 4.78 is 6.00. The number of nitrogens with zero attached hydrogens (tertiary/aromatic N) is 4. The second-order valence-electron chi connectivity index (χ2n) is 4.07. The first kappa shape index (κ1) is 24.7. The van der Waals surface area contributed by atoms with E-state index in [0.717, 1.165) is 24.2 Å². The van der Waals surface area contributed by atoms with Gasteiger partial charge in [-0.3, -0.25) is 9.36 Å². The minimum Gasteiger partial charge on any atom is -0.384 e. The fourth-order valence-electron chi connectivity index (χ4n) is 1.47. The highest BCUT2D eigenvalue weighted by atomic mass is 127. The van der Waals surface area contributed by atoms with E-state index in [4.69, 9.17) is 5.73 Å². The second-order valence-corrected chi connectivity index (χ2v) is 9.54. The Bertz CT molecular complexity index is 476. The fourth-order valence-corrected chi connectivity index (χ4v) is 2.12. The molecular formula is C14H26I3N5. The average Bonchev–Trinajstić information content (AvgIpc) is 2.96. The van der Waals surface area contributed by atoms with Crippen molar-refractivity contribution in [1.29, 1.82) is 0 Å². The smallest absolute Gasteiger partial charge is 0.124 e. The van der Waals surface area contributed by atoms with E-state index in [1.165, 1.54) is 11.7 Å². The van der Waals surface area contributed by atoms with Gasteiger partial charge in [-0.25, -0.2) is 0 Å². The van der Waals surface area contributed by atoms with Crippen LogP contribution in [-0.4, -0.2) is 22.0 Å². The lowest BCUT2D eigenvalue weighted by Gasteiger charge is -1.93. The number of nitrogen functional groups attached to an aromatic ring is 1. The Morgan fingerprint density at radius 3 is 1.59 bits per heavy atom.